The van der Waals surface area contributed by atoms with Gasteiger partial charge in [0.1, 0.15) is 5.82 Å². The fraction of sp³-hybridized carbons (Fsp3) is 0.286. The van der Waals surface area contributed by atoms with Gasteiger partial charge in [0, 0.05) is 30.2 Å². The quantitative estimate of drug-likeness (QED) is 0.676. The van der Waals surface area contributed by atoms with E-state index in [1.807, 2.05) is 12.1 Å². The van der Waals surface area contributed by atoms with Crippen LogP contribution in [0.3, 0.4) is 0 Å². The lowest BCUT2D eigenvalue weighted by Gasteiger charge is -2.31. The molecule has 1 saturated heterocycles. The van der Waals surface area contributed by atoms with Crippen molar-refractivity contribution < 1.29 is 13.6 Å². The predicted molar refractivity (Wildman–Crippen MR) is 107 cm³/mol. The molecule has 0 radical (unpaired) electrons. The zero-order valence-electron chi connectivity index (χ0n) is 15.6. The van der Waals surface area contributed by atoms with Gasteiger partial charge in [-0.05, 0) is 54.8 Å². The zero-order valence-corrected chi connectivity index (χ0v) is 16.4. The van der Waals surface area contributed by atoms with Gasteiger partial charge in [-0.2, -0.15) is 0 Å². The normalized spacial score (nSPS) is 16.6. The molecular formula is C21H20ClFN4O2. The van der Waals surface area contributed by atoms with Gasteiger partial charge in [-0.15, -0.1) is 10.2 Å². The van der Waals surface area contributed by atoms with Crippen LogP contribution in [-0.2, 0) is 6.54 Å². The topological polar surface area (TPSA) is 71.3 Å². The minimum absolute atomic E-state index is 0.0215. The molecule has 3 aromatic rings. The predicted octanol–water partition coefficient (Wildman–Crippen LogP) is 4.62. The number of urea groups is 1. The van der Waals surface area contributed by atoms with Gasteiger partial charge in [0.2, 0.25) is 11.8 Å². The van der Waals surface area contributed by atoms with Crippen LogP contribution < -0.4 is 5.32 Å². The maximum Gasteiger partial charge on any atom is 0.317 e. The number of likely N-dealkylation sites (tertiary alicyclic amines) is 1. The van der Waals surface area contributed by atoms with E-state index < -0.39 is 0 Å². The molecule has 150 valence electrons. The Balaban J connectivity index is 1.37. The molecule has 0 aliphatic carbocycles. The van der Waals surface area contributed by atoms with E-state index in [1.54, 1.807) is 29.2 Å². The van der Waals surface area contributed by atoms with E-state index >= 15 is 0 Å². The first-order chi connectivity index (χ1) is 14.1. The number of nitrogens with one attached hydrogen (secondary N) is 1. The molecule has 4 rings (SSSR count). The average Bonchev–Trinajstić information content (AvgIpc) is 3.24. The van der Waals surface area contributed by atoms with Crippen LogP contribution in [0.1, 0.15) is 30.2 Å². The summed E-state index contributed by atoms with van der Waals surface area (Å²) in [5.74, 6) is 0.511. The van der Waals surface area contributed by atoms with Crippen molar-refractivity contribution in [2.45, 2.75) is 25.3 Å². The first-order valence-electron chi connectivity index (χ1n) is 9.45. The molecule has 1 aliphatic rings. The zero-order chi connectivity index (χ0) is 20.2. The largest absolute Gasteiger partial charge is 0.420 e. The van der Waals surface area contributed by atoms with Crippen molar-refractivity contribution in [3.8, 4) is 11.5 Å². The van der Waals surface area contributed by atoms with Crippen LogP contribution in [0.4, 0.5) is 9.18 Å². The summed E-state index contributed by atoms with van der Waals surface area (Å²) in [4.78, 5) is 14.3. The first-order valence-corrected chi connectivity index (χ1v) is 9.83. The monoisotopic (exact) mass is 414 g/mol. The van der Waals surface area contributed by atoms with Crippen LogP contribution in [0.5, 0.6) is 0 Å². The van der Waals surface area contributed by atoms with Crippen molar-refractivity contribution >= 4 is 17.6 Å². The fourth-order valence-electron chi connectivity index (χ4n) is 3.36. The Morgan fingerprint density at radius 3 is 2.69 bits per heavy atom. The van der Waals surface area contributed by atoms with Crippen LogP contribution in [0, 0.1) is 5.82 Å². The number of amides is 2. The maximum atomic E-state index is 13.1. The molecule has 1 N–H and O–H groups in total. The lowest BCUT2D eigenvalue weighted by Crippen LogP contribution is -2.44. The lowest BCUT2D eigenvalue weighted by atomic mass is 9.98. The Labute approximate surface area is 172 Å². The summed E-state index contributed by atoms with van der Waals surface area (Å²) in [5, 5.41) is 11.8. The van der Waals surface area contributed by atoms with Crippen LogP contribution >= 0.6 is 11.6 Å². The van der Waals surface area contributed by atoms with Gasteiger partial charge < -0.3 is 14.6 Å². The Morgan fingerprint density at radius 2 is 1.93 bits per heavy atom. The molecule has 0 saturated carbocycles. The molecule has 1 aromatic heterocycles. The number of hydrogen-bond donors (Lipinski definition) is 1. The highest BCUT2D eigenvalue weighted by molar-refractivity contribution is 6.30. The number of aromatic nitrogens is 2. The van der Waals surface area contributed by atoms with Gasteiger partial charge in [-0.25, -0.2) is 9.18 Å². The number of rotatable bonds is 4. The van der Waals surface area contributed by atoms with Crippen LogP contribution in [0.2, 0.25) is 5.02 Å². The van der Waals surface area contributed by atoms with Crippen molar-refractivity contribution in [2.24, 2.45) is 0 Å². The second kappa shape index (κ2) is 8.61. The van der Waals surface area contributed by atoms with E-state index in [1.165, 1.54) is 12.1 Å². The lowest BCUT2D eigenvalue weighted by molar-refractivity contribution is 0.174. The van der Waals surface area contributed by atoms with Crippen LogP contribution in [0.15, 0.2) is 52.9 Å². The van der Waals surface area contributed by atoms with E-state index in [-0.39, 0.29) is 17.8 Å². The van der Waals surface area contributed by atoms with Gasteiger partial charge in [-0.3, -0.25) is 0 Å². The number of benzene rings is 2. The minimum Gasteiger partial charge on any atom is -0.420 e. The third-order valence-corrected chi connectivity index (χ3v) is 5.20. The van der Waals surface area contributed by atoms with Gasteiger partial charge in [0.05, 0.1) is 5.92 Å². The summed E-state index contributed by atoms with van der Waals surface area (Å²) in [6.07, 6.45) is 1.72. The molecule has 0 spiro atoms. The molecule has 1 unspecified atom stereocenters. The third kappa shape index (κ3) is 4.74. The van der Waals surface area contributed by atoms with E-state index in [0.29, 0.717) is 42.0 Å². The molecule has 1 fully saturated rings. The SMILES string of the molecule is O=C(NCc1ccc(Cl)cc1)N1CCCC(c2nnc(-c3ccc(F)cc3)o2)C1. The van der Waals surface area contributed by atoms with Gasteiger partial charge >= 0.3 is 6.03 Å². The number of nitrogens with zero attached hydrogens (tertiary/aromatic N) is 3. The van der Waals surface area contributed by atoms with Crippen LogP contribution in [0.25, 0.3) is 11.5 Å². The third-order valence-electron chi connectivity index (χ3n) is 4.95. The van der Waals surface area contributed by atoms with E-state index in [4.69, 9.17) is 16.0 Å². The molecule has 29 heavy (non-hydrogen) atoms. The second-order valence-electron chi connectivity index (χ2n) is 7.02. The number of carbonyl (C=O) groups is 1. The highest BCUT2D eigenvalue weighted by atomic mass is 35.5. The molecule has 0 bridgehead atoms. The van der Waals surface area contributed by atoms with Crippen molar-refractivity contribution in [2.75, 3.05) is 13.1 Å². The standard InChI is InChI=1S/C21H20ClFN4O2/c22-17-7-3-14(4-8-17)12-24-21(28)27-11-1-2-16(13-27)20-26-25-19(29-20)15-5-9-18(23)10-6-15/h3-10,16H,1-2,11-13H2,(H,24,28). The van der Waals surface area contributed by atoms with Gasteiger partial charge in [-0.1, -0.05) is 23.7 Å². The summed E-state index contributed by atoms with van der Waals surface area (Å²) in [5.41, 5.74) is 1.65. The van der Waals surface area contributed by atoms with Crippen molar-refractivity contribution in [1.29, 1.82) is 0 Å². The van der Waals surface area contributed by atoms with E-state index in [0.717, 1.165) is 18.4 Å². The number of piperidine rings is 1. The molecular weight excluding hydrogens is 395 g/mol. The Morgan fingerprint density at radius 1 is 1.17 bits per heavy atom. The maximum absolute atomic E-state index is 13.1. The number of carbonyl (C=O) groups excluding carboxylic acids is 1. The second-order valence-corrected chi connectivity index (χ2v) is 7.46. The van der Waals surface area contributed by atoms with Gasteiger partial charge in [0.15, 0.2) is 0 Å². The summed E-state index contributed by atoms with van der Waals surface area (Å²) < 4.78 is 18.9. The van der Waals surface area contributed by atoms with Crippen molar-refractivity contribution in [1.82, 2.24) is 20.4 Å². The molecule has 8 heteroatoms. The van der Waals surface area contributed by atoms with E-state index in [2.05, 4.69) is 15.5 Å². The molecule has 1 aliphatic heterocycles. The molecule has 2 heterocycles. The highest BCUT2D eigenvalue weighted by Crippen LogP contribution is 2.28. The summed E-state index contributed by atoms with van der Waals surface area (Å²) in [6, 6.07) is 13.2. The molecule has 2 amide bonds. The number of hydrogen-bond acceptors (Lipinski definition) is 4. The summed E-state index contributed by atoms with van der Waals surface area (Å²) >= 11 is 5.89. The van der Waals surface area contributed by atoms with Gasteiger partial charge in [0.25, 0.3) is 0 Å². The minimum atomic E-state index is -0.318. The smallest absolute Gasteiger partial charge is 0.317 e. The van der Waals surface area contributed by atoms with Crippen molar-refractivity contribution in [3.63, 3.8) is 0 Å². The average molecular weight is 415 g/mol. The highest BCUT2D eigenvalue weighted by Gasteiger charge is 2.28. The molecule has 6 nitrogen and oxygen atoms in total. The van der Waals surface area contributed by atoms with Crippen LogP contribution in [-0.4, -0.2) is 34.2 Å². The fourth-order valence-corrected chi connectivity index (χ4v) is 3.49. The summed E-state index contributed by atoms with van der Waals surface area (Å²) in [7, 11) is 0. The molecule has 2 aromatic carbocycles. The first kappa shape index (κ1) is 19.4. The molecule has 1 atom stereocenters. The van der Waals surface area contributed by atoms with E-state index in [9.17, 15) is 9.18 Å². The Bertz CT molecular complexity index is 975. The van der Waals surface area contributed by atoms with Crippen molar-refractivity contribution in [3.05, 3.63) is 70.8 Å². The Kier molecular flexibility index (Phi) is 5.76. The Hall–Kier alpha value is -2.93. The summed E-state index contributed by atoms with van der Waals surface area (Å²) in [6.45, 7) is 1.63. The number of halogens is 2.